The molecule has 2 rings (SSSR count). The summed E-state index contributed by atoms with van der Waals surface area (Å²) in [7, 11) is 0. The summed E-state index contributed by atoms with van der Waals surface area (Å²) < 4.78 is 0. The Kier molecular flexibility index (Phi) is 1.77. The van der Waals surface area contributed by atoms with E-state index in [1.807, 2.05) is 5.38 Å². The maximum atomic E-state index is 5.66. The Morgan fingerprint density at radius 2 is 2.55 bits per heavy atom. The summed E-state index contributed by atoms with van der Waals surface area (Å²) in [5, 5.41) is 6.69. The first-order valence-corrected chi connectivity index (χ1v) is 4.89. The van der Waals surface area contributed by atoms with Crippen LogP contribution in [0, 0.1) is 5.92 Å². The minimum absolute atomic E-state index is 0.589. The normalized spacial score (nSPS) is 28.5. The fourth-order valence-corrected chi connectivity index (χ4v) is 1.90. The van der Waals surface area contributed by atoms with Gasteiger partial charge in [-0.25, -0.2) is 4.98 Å². The number of nitrogens with one attached hydrogen (secondary N) is 1. The van der Waals surface area contributed by atoms with Crippen molar-refractivity contribution in [1.82, 2.24) is 4.98 Å². The number of nitrogens with zero attached hydrogens (tertiary/aromatic N) is 1. The lowest BCUT2D eigenvalue weighted by Crippen LogP contribution is -2.02. The maximum Gasteiger partial charge on any atom is 0.184 e. The molecule has 1 aliphatic rings. The van der Waals surface area contributed by atoms with Gasteiger partial charge in [0.05, 0.1) is 0 Å². The third-order valence-corrected chi connectivity index (χ3v) is 2.99. The van der Waals surface area contributed by atoms with Gasteiger partial charge in [0.25, 0.3) is 0 Å². The number of rotatable bonds is 2. The van der Waals surface area contributed by atoms with E-state index in [0.717, 1.165) is 11.0 Å². The Bertz CT molecular complexity index is 261. The number of aromatic nitrogens is 1. The smallest absolute Gasteiger partial charge is 0.184 e. The van der Waals surface area contributed by atoms with Crippen molar-refractivity contribution in [3.05, 3.63) is 10.5 Å². The largest absolute Gasteiger partial charge is 0.358 e. The average molecular weight is 189 g/mol. The lowest BCUT2D eigenvalue weighted by molar-refractivity contribution is 0.927. The molecule has 0 radical (unpaired) electrons. The van der Waals surface area contributed by atoms with Crippen LogP contribution in [0.15, 0.2) is 5.38 Å². The molecule has 2 unspecified atom stereocenters. The minimum Gasteiger partial charge on any atom is -0.358 e. The second kappa shape index (κ2) is 2.64. The van der Waals surface area contributed by atoms with Gasteiger partial charge in [0.15, 0.2) is 5.13 Å². The molecule has 2 atom stereocenters. The molecule has 0 saturated heterocycles. The van der Waals surface area contributed by atoms with Crippen LogP contribution in [0.4, 0.5) is 5.13 Å². The number of anilines is 1. The van der Waals surface area contributed by atoms with Gasteiger partial charge >= 0.3 is 0 Å². The van der Waals surface area contributed by atoms with Crippen molar-refractivity contribution >= 4 is 28.1 Å². The van der Waals surface area contributed by atoms with Crippen molar-refractivity contribution in [2.24, 2.45) is 5.92 Å². The third-order valence-electron chi connectivity index (χ3n) is 1.89. The van der Waals surface area contributed by atoms with Crippen LogP contribution < -0.4 is 5.32 Å². The summed E-state index contributed by atoms with van der Waals surface area (Å²) >= 11 is 7.23. The average Bonchev–Trinajstić information content (AvgIpc) is 2.42. The molecule has 1 aliphatic carbocycles. The zero-order valence-corrected chi connectivity index (χ0v) is 7.75. The van der Waals surface area contributed by atoms with Gasteiger partial charge in [0, 0.05) is 11.4 Å². The van der Waals surface area contributed by atoms with Crippen molar-refractivity contribution in [2.75, 3.05) is 5.32 Å². The quantitative estimate of drug-likeness (QED) is 0.772. The van der Waals surface area contributed by atoms with E-state index in [2.05, 4.69) is 17.2 Å². The van der Waals surface area contributed by atoms with Crippen molar-refractivity contribution in [1.29, 1.82) is 0 Å². The van der Waals surface area contributed by atoms with E-state index < -0.39 is 0 Å². The summed E-state index contributed by atoms with van der Waals surface area (Å²) in [6, 6.07) is 0.636. The molecule has 1 aromatic rings. The van der Waals surface area contributed by atoms with E-state index in [9.17, 15) is 0 Å². The van der Waals surface area contributed by atoms with Crippen LogP contribution in [0.1, 0.15) is 13.3 Å². The highest BCUT2D eigenvalue weighted by molar-refractivity contribution is 7.14. The van der Waals surface area contributed by atoms with Gasteiger partial charge in [0.2, 0.25) is 0 Å². The van der Waals surface area contributed by atoms with E-state index in [-0.39, 0.29) is 0 Å². The summed E-state index contributed by atoms with van der Waals surface area (Å²) in [5.41, 5.74) is 0. The van der Waals surface area contributed by atoms with E-state index in [4.69, 9.17) is 11.6 Å². The highest BCUT2D eigenvalue weighted by atomic mass is 35.5. The van der Waals surface area contributed by atoms with Crippen molar-refractivity contribution in [3.8, 4) is 0 Å². The number of hydrogen-bond acceptors (Lipinski definition) is 3. The van der Waals surface area contributed by atoms with Crippen LogP contribution in [-0.4, -0.2) is 11.0 Å². The van der Waals surface area contributed by atoms with E-state index in [0.29, 0.717) is 11.2 Å². The van der Waals surface area contributed by atoms with E-state index >= 15 is 0 Å². The molecule has 1 saturated carbocycles. The summed E-state index contributed by atoms with van der Waals surface area (Å²) in [6.45, 7) is 2.23. The highest BCUT2D eigenvalue weighted by Crippen LogP contribution is 2.33. The summed E-state index contributed by atoms with van der Waals surface area (Å²) in [4.78, 5) is 4.10. The third kappa shape index (κ3) is 1.65. The molecule has 1 heterocycles. The molecule has 4 heteroatoms. The second-order valence-electron chi connectivity index (χ2n) is 2.94. The zero-order valence-electron chi connectivity index (χ0n) is 6.17. The maximum absolute atomic E-state index is 5.66. The van der Waals surface area contributed by atoms with E-state index in [1.165, 1.54) is 6.42 Å². The van der Waals surface area contributed by atoms with Crippen LogP contribution in [-0.2, 0) is 0 Å². The molecule has 0 aliphatic heterocycles. The molecule has 60 valence electrons. The zero-order chi connectivity index (χ0) is 7.84. The van der Waals surface area contributed by atoms with Gasteiger partial charge in [-0.15, -0.1) is 11.3 Å². The molecule has 0 bridgehead atoms. The van der Waals surface area contributed by atoms with Crippen molar-refractivity contribution < 1.29 is 0 Å². The standard InChI is InChI=1S/C7H9ClN2S/c1-4-2-5(4)9-7-10-6(8)3-11-7/h3-5H,2H2,1H3,(H,9,10). The van der Waals surface area contributed by atoms with Crippen LogP contribution in [0.3, 0.4) is 0 Å². The Morgan fingerprint density at radius 1 is 1.82 bits per heavy atom. The fraction of sp³-hybridized carbons (Fsp3) is 0.571. The van der Waals surface area contributed by atoms with E-state index in [1.54, 1.807) is 11.3 Å². The number of thiazole rings is 1. The van der Waals surface area contributed by atoms with Gasteiger partial charge in [-0.2, -0.15) is 0 Å². The van der Waals surface area contributed by atoms with Crippen molar-refractivity contribution in [3.63, 3.8) is 0 Å². The topological polar surface area (TPSA) is 24.9 Å². The highest BCUT2D eigenvalue weighted by Gasteiger charge is 2.32. The molecule has 0 amide bonds. The van der Waals surface area contributed by atoms with Crippen molar-refractivity contribution in [2.45, 2.75) is 19.4 Å². The van der Waals surface area contributed by atoms with Crippen LogP contribution in [0.2, 0.25) is 5.15 Å². The molecule has 1 N–H and O–H groups in total. The Balaban J connectivity index is 1.96. The second-order valence-corrected chi connectivity index (χ2v) is 4.18. The van der Waals surface area contributed by atoms with Gasteiger partial charge < -0.3 is 5.32 Å². The molecular weight excluding hydrogens is 180 g/mol. The van der Waals surface area contributed by atoms with Gasteiger partial charge in [-0.3, -0.25) is 0 Å². The Labute approximate surface area is 74.6 Å². The molecule has 2 nitrogen and oxygen atoms in total. The first kappa shape index (κ1) is 7.37. The molecular formula is C7H9ClN2S. The predicted molar refractivity (Wildman–Crippen MR) is 48.3 cm³/mol. The lowest BCUT2D eigenvalue weighted by Gasteiger charge is -1.96. The summed E-state index contributed by atoms with van der Waals surface area (Å²) in [6.07, 6.45) is 1.26. The SMILES string of the molecule is CC1CC1Nc1nc(Cl)cs1. The van der Waals surface area contributed by atoms with Gasteiger partial charge in [0.1, 0.15) is 5.15 Å². The monoisotopic (exact) mass is 188 g/mol. The lowest BCUT2D eigenvalue weighted by atomic mass is 10.5. The van der Waals surface area contributed by atoms with Gasteiger partial charge in [-0.05, 0) is 12.3 Å². The summed E-state index contributed by atoms with van der Waals surface area (Å²) in [5.74, 6) is 0.803. The fourth-order valence-electron chi connectivity index (χ4n) is 1.00. The number of hydrogen-bond donors (Lipinski definition) is 1. The Hall–Kier alpha value is -0.280. The Morgan fingerprint density at radius 3 is 3.00 bits per heavy atom. The number of halogens is 1. The molecule has 1 fully saturated rings. The van der Waals surface area contributed by atoms with Crippen LogP contribution in [0.5, 0.6) is 0 Å². The van der Waals surface area contributed by atoms with Gasteiger partial charge in [-0.1, -0.05) is 18.5 Å². The first-order valence-electron chi connectivity index (χ1n) is 3.63. The predicted octanol–water partition coefficient (Wildman–Crippen LogP) is 2.62. The van der Waals surface area contributed by atoms with Crippen LogP contribution in [0.25, 0.3) is 0 Å². The van der Waals surface area contributed by atoms with Crippen LogP contribution >= 0.6 is 22.9 Å². The molecule has 1 aromatic heterocycles. The minimum atomic E-state index is 0.589. The molecule has 11 heavy (non-hydrogen) atoms. The molecule has 0 aromatic carbocycles. The molecule has 0 spiro atoms. The first-order chi connectivity index (χ1) is 5.25.